The quantitative estimate of drug-likeness (QED) is 0.868. The Hall–Kier alpha value is -2.07. The molecule has 94 valence electrons. The smallest absolute Gasteiger partial charge is 0.305 e. The molecule has 0 saturated carbocycles. The first kappa shape index (κ1) is 12.4. The third kappa shape index (κ3) is 2.78. The van der Waals surface area contributed by atoms with Gasteiger partial charge in [0.05, 0.1) is 6.42 Å². The third-order valence-corrected chi connectivity index (χ3v) is 2.76. The second-order valence-corrected chi connectivity index (χ2v) is 4.24. The van der Waals surface area contributed by atoms with Crippen LogP contribution in [0.1, 0.15) is 23.8 Å². The molecular formula is C14H15NO3. The van der Waals surface area contributed by atoms with Crippen LogP contribution in [0.5, 0.6) is 0 Å². The molecule has 2 aromatic rings. The zero-order chi connectivity index (χ0) is 13.1. The van der Waals surface area contributed by atoms with Gasteiger partial charge in [-0.2, -0.15) is 0 Å². The predicted octanol–water partition coefficient (Wildman–Crippen LogP) is 2.73. The monoisotopic (exact) mass is 245 g/mol. The maximum absolute atomic E-state index is 10.6. The molecule has 0 aliphatic heterocycles. The van der Waals surface area contributed by atoms with Gasteiger partial charge in [-0.25, -0.2) is 0 Å². The Labute approximate surface area is 105 Å². The van der Waals surface area contributed by atoms with Gasteiger partial charge in [0.1, 0.15) is 11.5 Å². The fourth-order valence-corrected chi connectivity index (χ4v) is 1.79. The molecule has 1 atom stereocenters. The number of benzene rings is 1. The van der Waals surface area contributed by atoms with E-state index in [-0.39, 0.29) is 6.42 Å². The Kier molecular flexibility index (Phi) is 3.48. The van der Waals surface area contributed by atoms with Gasteiger partial charge in [-0.15, -0.1) is 0 Å². The van der Waals surface area contributed by atoms with Gasteiger partial charge in [-0.1, -0.05) is 24.3 Å². The van der Waals surface area contributed by atoms with Crippen molar-refractivity contribution < 1.29 is 14.3 Å². The molecule has 3 N–H and O–H groups in total. The molecule has 18 heavy (non-hydrogen) atoms. The average molecular weight is 245 g/mol. The summed E-state index contributed by atoms with van der Waals surface area (Å²) in [6, 6.07) is 10.8. The first-order valence-electron chi connectivity index (χ1n) is 5.70. The summed E-state index contributed by atoms with van der Waals surface area (Å²) in [6.45, 7) is 1.89. The lowest BCUT2D eigenvalue weighted by molar-refractivity contribution is -0.137. The number of furan rings is 1. The van der Waals surface area contributed by atoms with Crippen molar-refractivity contribution in [2.24, 2.45) is 5.73 Å². The first-order valence-corrected chi connectivity index (χ1v) is 5.70. The standard InChI is InChI=1S/C14H15NO3/c1-9-2-7-13(18-9)11-5-3-10(4-6-11)12(15)8-14(16)17/h2-7,12H,8,15H2,1H3,(H,16,17). The van der Waals surface area contributed by atoms with E-state index in [0.29, 0.717) is 0 Å². The van der Waals surface area contributed by atoms with E-state index >= 15 is 0 Å². The summed E-state index contributed by atoms with van der Waals surface area (Å²) in [4.78, 5) is 10.6. The Morgan fingerprint density at radius 3 is 2.44 bits per heavy atom. The molecule has 4 nitrogen and oxygen atoms in total. The lowest BCUT2D eigenvalue weighted by atomic mass is 10.0. The van der Waals surface area contributed by atoms with Crippen molar-refractivity contribution in [3.05, 3.63) is 47.7 Å². The molecule has 0 fully saturated rings. The number of hydrogen-bond donors (Lipinski definition) is 2. The van der Waals surface area contributed by atoms with E-state index in [1.165, 1.54) is 0 Å². The largest absolute Gasteiger partial charge is 0.481 e. The van der Waals surface area contributed by atoms with Crippen LogP contribution in [0.2, 0.25) is 0 Å². The minimum Gasteiger partial charge on any atom is -0.481 e. The van der Waals surface area contributed by atoms with Gasteiger partial charge in [0.15, 0.2) is 0 Å². The van der Waals surface area contributed by atoms with E-state index in [9.17, 15) is 4.79 Å². The number of carbonyl (C=O) groups is 1. The maximum Gasteiger partial charge on any atom is 0.305 e. The first-order chi connectivity index (χ1) is 8.56. The van der Waals surface area contributed by atoms with Crippen LogP contribution in [0.15, 0.2) is 40.8 Å². The van der Waals surface area contributed by atoms with Gasteiger partial charge >= 0.3 is 5.97 Å². The predicted molar refractivity (Wildman–Crippen MR) is 68.1 cm³/mol. The van der Waals surface area contributed by atoms with Crippen molar-refractivity contribution in [2.45, 2.75) is 19.4 Å². The van der Waals surface area contributed by atoms with Gasteiger partial charge in [0.2, 0.25) is 0 Å². The summed E-state index contributed by atoms with van der Waals surface area (Å²) in [5, 5.41) is 8.69. The fraction of sp³-hybridized carbons (Fsp3) is 0.214. The lowest BCUT2D eigenvalue weighted by Crippen LogP contribution is -2.14. The van der Waals surface area contributed by atoms with Crippen molar-refractivity contribution in [1.82, 2.24) is 0 Å². The SMILES string of the molecule is Cc1ccc(-c2ccc(C(N)CC(=O)O)cc2)o1. The zero-order valence-corrected chi connectivity index (χ0v) is 10.1. The third-order valence-electron chi connectivity index (χ3n) is 2.76. The minimum absolute atomic E-state index is 0.0702. The van der Waals surface area contributed by atoms with E-state index in [1.807, 2.05) is 43.3 Å². The molecule has 4 heteroatoms. The highest BCUT2D eigenvalue weighted by Gasteiger charge is 2.11. The van der Waals surface area contributed by atoms with Crippen LogP contribution in [-0.2, 0) is 4.79 Å². The highest BCUT2D eigenvalue weighted by atomic mass is 16.4. The highest BCUT2D eigenvalue weighted by molar-refractivity contribution is 5.68. The van der Waals surface area contributed by atoms with E-state index < -0.39 is 12.0 Å². The van der Waals surface area contributed by atoms with Gasteiger partial charge in [-0.05, 0) is 24.6 Å². The molecule has 1 heterocycles. The van der Waals surface area contributed by atoms with Gasteiger partial charge in [0, 0.05) is 11.6 Å². The van der Waals surface area contributed by atoms with Crippen LogP contribution in [0.4, 0.5) is 0 Å². The van der Waals surface area contributed by atoms with Crippen molar-refractivity contribution in [2.75, 3.05) is 0 Å². The zero-order valence-electron chi connectivity index (χ0n) is 10.1. The Bertz CT molecular complexity index is 542. The summed E-state index contributed by atoms with van der Waals surface area (Å²) >= 11 is 0. The number of hydrogen-bond acceptors (Lipinski definition) is 3. The van der Waals surface area contributed by atoms with Crippen molar-refractivity contribution in [3.63, 3.8) is 0 Å². The number of aliphatic carboxylic acids is 1. The second kappa shape index (κ2) is 5.06. The molecule has 0 amide bonds. The number of carboxylic acids is 1. The van der Waals surface area contributed by atoms with E-state index in [4.69, 9.17) is 15.3 Å². The van der Waals surface area contributed by atoms with Crippen LogP contribution in [0, 0.1) is 6.92 Å². The molecule has 0 aliphatic carbocycles. The maximum atomic E-state index is 10.6. The summed E-state index contributed by atoms with van der Waals surface area (Å²) in [6.07, 6.45) is -0.0702. The molecular weight excluding hydrogens is 230 g/mol. The number of aryl methyl sites for hydroxylation is 1. The Balaban J connectivity index is 2.17. The molecule has 0 spiro atoms. The normalized spacial score (nSPS) is 12.3. The van der Waals surface area contributed by atoms with Crippen LogP contribution < -0.4 is 5.73 Å². The summed E-state index contributed by atoms with van der Waals surface area (Å²) in [7, 11) is 0. The minimum atomic E-state index is -0.895. The van der Waals surface area contributed by atoms with Crippen molar-refractivity contribution in [1.29, 1.82) is 0 Å². The van der Waals surface area contributed by atoms with Crippen LogP contribution in [0.3, 0.4) is 0 Å². The molecule has 2 rings (SSSR count). The Morgan fingerprint density at radius 2 is 1.94 bits per heavy atom. The van der Waals surface area contributed by atoms with Gasteiger partial charge < -0.3 is 15.3 Å². The summed E-state index contributed by atoms with van der Waals surface area (Å²) in [5.74, 6) is 0.760. The molecule has 0 bridgehead atoms. The number of carboxylic acid groups (broad SMARTS) is 1. The summed E-state index contributed by atoms with van der Waals surface area (Å²) < 4.78 is 5.51. The van der Waals surface area contributed by atoms with Crippen LogP contribution in [0.25, 0.3) is 11.3 Å². The van der Waals surface area contributed by atoms with Crippen molar-refractivity contribution >= 4 is 5.97 Å². The fourth-order valence-electron chi connectivity index (χ4n) is 1.79. The number of rotatable bonds is 4. The summed E-state index contributed by atoms with van der Waals surface area (Å²) in [5.41, 5.74) is 7.55. The number of nitrogens with two attached hydrogens (primary N) is 1. The van der Waals surface area contributed by atoms with Crippen LogP contribution in [-0.4, -0.2) is 11.1 Å². The molecule has 0 radical (unpaired) electrons. The molecule has 1 aromatic heterocycles. The molecule has 1 unspecified atom stereocenters. The Morgan fingerprint density at radius 1 is 1.28 bits per heavy atom. The van der Waals surface area contributed by atoms with Crippen LogP contribution >= 0.6 is 0 Å². The highest BCUT2D eigenvalue weighted by Crippen LogP contribution is 2.24. The lowest BCUT2D eigenvalue weighted by Gasteiger charge is -2.09. The molecule has 1 aromatic carbocycles. The molecule has 0 aliphatic rings. The second-order valence-electron chi connectivity index (χ2n) is 4.24. The van der Waals surface area contributed by atoms with Crippen molar-refractivity contribution in [3.8, 4) is 11.3 Å². The topological polar surface area (TPSA) is 76.5 Å². The molecule has 0 saturated heterocycles. The van der Waals surface area contributed by atoms with E-state index in [0.717, 1.165) is 22.6 Å². The van der Waals surface area contributed by atoms with Gasteiger partial charge in [0.25, 0.3) is 0 Å². The van der Waals surface area contributed by atoms with Gasteiger partial charge in [-0.3, -0.25) is 4.79 Å². The average Bonchev–Trinajstić information content (AvgIpc) is 2.75. The van der Waals surface area contributed by atoms with E-state index in [2.05, 4.69) is 0 Å². The van der Waals surface area contributed by atoms with E-state index in [1.54, 1.807) is 0 Å².